The monoisotopic (exact) mass is 464 g/mol. The van der Waals surface area contributed by atoms with Gasteiger partial charge in [-0.05, 0) is 61.9 Å². The number of hydrogen-bond donors (Lipinski definition) is 2. The molecular weight excluding hydrogens is 448 g/mol. The zero-order valence-corrected chi connectivity index (χ0v) is 18.3. The second kappa shape index (κ2) is 8.36. The van der Waals surface area contributed by atoms with Gasteiger partial charge >= 0.3 is 12.0 Å². The van der Waals surface area contributed by atoms with Crippen molar-refractivity contribution in [3.8, 4) is 5.69 Å². The minimum atomic E-state index is -1.16. The maximum absolute atomic E-state index is 13.0. The summed E-state index contributed by atoms with van der Waals surface area (Å²) in [5.74, 6) is -2.74. The van der Waals surface area contributed by atoms with Gasteiger partial charge in [-0.3, -0.25) is 19.9 Å². The number of aryl methyl sites for hydroxylation is 1. The van der Waals surface area contributed by atoms with Crippen molar-refractivity contribution in [2.75, 3.05) is 4.90 Å². The Morgan fingerprint density at radius 1 is 1.12 bits per heavy atom. The fourth-order valence-electron chi connectivity index (χ4n) is 3.68. The fraction of sp³-hybridized carbons (Fsp3) is 0.0870. The van der Waals surface area contributed by atoms with Crippen LogP contribution < -0.4 is 10.2 Å². The second-order valence-corrected chi connectivity index (χ2v) is 7.71. The second-order valence-electron chi connectivity index (χ2n) is 7.30. The predicted molar refractivity (Wildman–Crippen MR) is 120 cm³/mol. The van der Waals surface area contributed by atoms with Crippen molar-refractivity contribution in [2.24, 2.45) is 0 Å². The number of carbonyl (C=O) groups excluding carboxylic acids is 3. The maximum Gasteiger partial charge on any atom is 0.337 e. The number of aromatic carboxylic acids is 1. The van der Waals surface area contributed by atoms with E-state index in [2.05, 4.69) is 10.3 Å². The number of benzene rings is 1. The molecule has 0 saturated carbocycles. The van der Waals surface area contributed by atoms with Crippen molar-refractivity contribution in [3.05, 3.63) is 81.9 Å². The molecule has 10 heteroatoms. The Balaban J connectivity index is 1.78. The van der Waals surface area contributed by atoms with E-state index in [1.165, 1.54) is 36.7 Å². The molecule has 166 valence electrons. The van der Waals surface area contributed by atoms with Crippen LogP contribution in [0.2, 0.25) is 5.02 Å². The molecule has 4 rings (SSSR count). The van der Waals surface area contributed by atoms with Gasteiger partial charge in [0, 0.05) is 23.3 Å². The van der Waals surface area contributed by atoms with E-state index in [4.69, 9.17) is 11.6 Å². The Labute approximate surface area is 192 Å². The fourth-order valence-corrected chi connectivity index (χ4v) is 3.88. The van der Waals surface area contributed by atoms with E-state index < -0.39 is 23.8 Å². The molecular formula is C23H17ClN4O5. The Morgan fingerprint density at radius 2 is 1.88 bits per heavy atom. The Kier molecular flexibility index (Phi) is 5.57. The van der Waals surface area contributed by atoms with Crippen LogP contribution in [0.3, 0.4) is 0 Å². The Bertz CT molecular complexity index is 1360. The molecule has 2 N–H and O–H groups in total. The molecule has 33 heavy (non-hydrogen) atoms. The van der Waals surface area contributed by atoms with Crippen molar-refractivity contribution < 1.29 is 24.3 Å². The molecule has 3 heterocycles. The van der Waals surface area contributed by atoms with Gasteiger partial charge in [-0.2, -0.15) is 0 Å². The van der Waals surface area contributed by atoms with Gasteiger partial charge in [-0.1, -0.05) is 11.6 Å². The Morgan fingerprint density at radius 3 is 2.55 bits per heavy atom. The third-order valence-electron chi connectivity index (χ3n) is 5.21. The molecule has 1 saturated heterocycles. The van der Waals surface area contributed by atoms with Crippen LogP contribution in [0, 0.1) is 13.8 Å². The van der Waals surface area contributed by atoms with Crippen LogP contribution in [0.25, 0.3) is 11.8 Å². The van der Waals surface area contributed by atoms with Gasteiger partial charge in [0.25, 0.3) is 11.8 Å². The molecule has 4 amide bonds. The SMILES string of the molecule is Cc1cc(/C=C2\C(=O)NC(=O)N(c3cccnc3)C2=O)c(C)n1-c1ccc(Cl)c(C(=O)O)c1. The maximum atomic E-state index is 13.0. The van der Waals surface area contributed by atoms with Crippen LogP contribution >= 0.6 is 11.6 Å². The third kappa shape index (κ3) is 3.90. The first-order valence-electron chi connectivity index (χ1n) is 9.72. The van der Waals surface area contributed by atoms with Crippen LogP contribution in [-0.4, -0.2) is 38.5 Å². The van der Waals surface area contributed by atoms with Crippen molar-refractivity contribution in [1.29, 1.82) is 0 Å². The summed E-state index contributed by atoms with van der Waals surface area (Å²) in [6.45, 7) is 3.57. The molecule has 1 aromatic carbocycles. The van der Waals surface area contributed by atoms with Crippen LogP contribution in [0.15, 0.2) is 54.4 Å². The van der Waals surface area contributed by atoms with Crippen molar-refractivity contribution in [2.45, 2.75) is 13.8 Å². The van der Waals surface area contributed by atoms with Crippen LogP contribution in [-0.2, 0) is 9.59 Å². The highest BCUT2D eigenvalue weighted by Gasteiger charge is 2.37. The molecule has 0 atom stereocenters. The molecule has 0 aliphatic carbocycles. The highest BCUT2D eigenvalue weighted by Crippen LogP contribution is 2.27. The largest absolute Gasteiger partial charge is 0.478 e. The van der Waals surface area contributed by atoms with Crippen LogP contribution in [0.5, 0.6) is 0 Å². The van der Waals surface area contributed by atoms with Gasteiger partial charge in [-0.15, -0.1) is 0 Å². The van der Waals surface area contributed by atoms with Crippen molar-refractivity contribution >= 4 is 47.2 Å². The average Bonchev–Trinajstić information content (AvgIpc) is 3.05. The molecule has 1 aliphatic heterocycles. The van der Waals surface area contributed by atoms with E-state index >= 15 is 0 Å². The van der Waals surface area contributed by atoms with E-state index in [0.717, 1.165) is 10.6 Å². The summed E-state index contributed by atoms with van der Waals surface area (Å²) in [6.07, 6.45) is 4.25. The summed E-state index contributed by atoms with van der Waals surface area (Å²) in [4.78, 5) is 54.0. The number of hydrogen-bond acceptors (Lipinski definition) is 5. The smallest absolute Gasteiger partial charge is 0.337 e. The first kappa shape index (κ1) is 22.0. The molecule has 2 aromatic heterocycles. The summed E-state index contributed by atoms with van der Waals surface area (Å²) in [6, 6.07) is 8.61. The van der Waals surface area contributed by atoms with Crippen LogP contribution in [0.1, 0.15) is 27.3 Å². The third-order valence-corrected chi connectivity index (χ3v) is 5.54. The number of nitrogens with zero attached hydrogens (tertiary/aromatic N) is 3. The molecule has 1 aliphatic rings. The van der Waals surface area contributed by atoms with Crippen molar-refractivity contribution in [1.82, 2.24) is 14.9 Å². The van der Waals surface area contributed by atoms with E-state index in [1.807, 2.05) is 0 Å². The standard InChI is InChI=1S/C23H17ClN4O5/c1-12-8-14(13(2)27(12)15-5-6-19(24)17(10-15)22(31)32)9-18-20(29)26-23(33)28(21(18)30)16-4-3-7-25-11-16/h3-11H,1-2H3,(H,31,32)(H,26,29,33)/b18-9+. The lowest BCUT2D eigenvalue weighted by molar-refractivity contribution is -0.122. The van der Waals surface area contributed by atoms with E-state index in [1.54, 1.807) is 36.6 Å². The topological polar surface area (TPSA) is 122 Å². The quantitative estimate of drug-likeness (QED) is 0.450. The summed E-state index contributed by atoms with van der Waals surface area (Å²) in [7, 11) is 0. The average molecular weight is 465 g/mol. The lowest BCUT2D eigenvalue weighted by atomic mass is 10.1. The number of carboxylic acid groups (broad SMARTS) is 1. The number of halogens is 1. The first-order valence-corrected chi connectivity index (χ1v) is 10.1. The molecule has 9 nitrogen and oxygen atoms in total. The number of urea groups is 1. The number of carboxylic acids is 1. The molecule has 0 unspecified atom stereocenters. The van der Waals surface area contributed by atoms with Gasteiger partial charge in [0.1, 0.15) is 5.57 Å². The highest BCUT2D eigenvalue weighted by atomic mass is 35.5. The van der Waals surface area contributed by atoms with Gasteiger partial charge < -0.3 is 9.67 Å². The molecule has 1 fully saturated rings. The molecule has 0 spiro atoms. The number of pyridine rings is 1. The molecule has 0 radical (unpaired) electrons. The predicted octanol–water partition coefficient (Wildman–Crippen LogP) is 3.51. The number of nitrogens with one attached hydrogen (secondary N) is 1. The van der Waals surface area contributed by atoms with E-state index in [-0.39, 0.29) is 21.8 Å². The number of aromatic nitrogens is 2. The minimum Gasteiger partial charge on any atom is -0.478 e. The summed E-state index contributed by atoms with van der Waals surface area (Å²) >= 11 is 5.98. The first-order chi connectivity index (χ1) is 15.7. The Hall–Kier alpha value is -4.24. The molecule has 3 aromatic rings. The zero-order chi connectivity index (χ0) is 23.9. The van der Waals surface area contributed by atoms with Crippen molar-refractivity contribution in [3.63, 3.8) is 0 Å². The van der Waals surface area contributed by atoms with Gasteiger partial charge in [0.05, 0.1) is 22.5 Å². The number of barbiturate groups is 1. The molecule has 0 bridgehead atoms. The van der Waals surface area contributed by atoms with Crippen LogP contribution in [0.4, 0.5) is 10.5 Å². The summed E-state index contributed by atoms with van der Waals surface area (Å²) in [5, 5.41) is 11.7. The van der Waals surface area contributed by atoms with E-state index in [9.17, 15) is 24.3 Å². The van der Waals surface area contributed by atoms with Gasteiger partial charge in [0.2, 0.25) is 0 Å². The number of amides is 4. The lowest BCUT2D eigenvalue weighted by Gasteiger charge is -2.26. The number of imide groups is 2. The van der Waals surface area contributed by atoms with Gasteiger partial charge in [-0.25, -0.2) is 14.5 Å². The number of rotatable bonds is 4. The summed E-state index contributed by atoms with van der Waals surface area (Å²) in [5.41, 5.74) is 2.47. The van der Waals surface area contributed by atoms with Gasteiger partial charge in [0.15, 0.2) is 0 Å². The normalized spacial score (nSPS) is 15.2. The summed E-state index contributed by atoms with van der Waals surface area (Å²) < 4.78 is 1.78. The number of anilines is 1. The minimum absolute atomic E-state index is 0.0472. The lowest BCUT2D eigenvalue weighted by Crippen LogP contribution is -2.54. The van der Waals surface area contributed by atoms with E-state index in [0.29, 0.717) is 16.9 Å². The number of carbonyl (C=O) groups is 4. The highest BCUT2D eigenvalue weighted by molar-refractivity contribution is 6.39. The zero-order valence-electron chi connectivity index (χ0n) is 17.5.